The van der Waals surface area contributed by atoms with Gasteiger partial charge in [-0.05, 0) is 62.4 Å². The predicted molar refractivity (Wildman–Crippen MR) is 153 cm³/mol. The number of thiazole rings is 1. The maximum Gasteiger partial charge on any atom is 0.412 e. The highest BCUT2D eigenvalue weighted by Crippen LogP contribution is 2.38. The number of benzene rings is 3. The summed E-state index contributed by atoms with van der Waals surface area (Å²) in [6.07, 6.45) is 3.19. The number of halogens is 1. The predicted octanol–water partition coefficient (Wildman–Crippen LogP) is 7.30. The monoisotopic (exact) mass is 558 g/mol. The molecule has 2 aromatic heterocycles. The summed E-state index contributed by atoms with van der Waals surface area (Å²) >= 11 is 1.43. The van der Waals surface area contributed by atoms with Gasteiger partial charge in [0.05, 0.1) is 34.6 Å². The molecule has 0 unspecified atom stereocenters. The molecule has 204 valence electrons. The number of hydrogen-bond acceptors (Lipinski definition) is 8. The Labute approximate surface area is 234 Å². The number of carbonyl (C=O) groups excluding carboxylic acids is 1. The molecule has 0 radical (unpaired) electrons. The molecule has 1 aliphatic rings. The fraction of sp³-hybridized carbons (Fsp3) is 0.267. The Balaban J connectivity index is 1.25. The van der Waals surface area contributed by atoms with Crippen LogP contribution in [0.1, 0.15) is 31.2 Å². The van der Waals surface area contributed by atoms with Gasteiger partial charge in [0.25, 0.3) is 0 Å². The maximum absolute atomic E-state index is 15.2. The Morgan fingerprint density at radius 3 is 2.62 bits per heavy atom. The Bertz CT molecular complexity index is 1690. The molecule has 3 aromatic carbocycles. The fourth-order valence-corrected chi connectivity index (χ4v) is 5.94. The first-order valence-corrected chi connectivity index (χ1v) is 13.9. The Hall–Kier alpha value is -4.31. The number of aromatic nitrogens is 3. The lowest BCUT2D eigenvalue weighted by molar-refractivity contribution is -0.00440. The lowest BCUT2D eigenvalue weighted by atomic mass is 9.94. The van der Waals surface area contributed by atoms with E-state index in [-0.39, 0.29) is 5.75 Å². The second-order valence-electron chi connectivity index (χ2n) is 9.74. The number of ether oxygens (including phenoxy) is 3. The van der Waals surface area contributed by atoms with E-state index in [1.54, 1.807) is 31.5 Å². The average molecular weight is 559 g/mol. The molecule has 2 heterocycles. The zero-order chi connectivity index (χ0) is 27.6. The lowest BCUT2D eigenvalue weighted by Gasteiger charge is -2.31. The number of amides is 1. The molecule has 8 nitrogen and oxygen atoms in total. The van der Waals surface area contributed by atoms with Gasteiger partial charge in [-0.15, -0.1) is 11.3 Å². The van der Waals surface area contributed by atoms with Crippen LogP contribution in [0, 0.1) is 12.7 Å². The van der Waals surface area contributed by atoms with Crippen LogP contribution in [-0.4, -0.2) is 40.4 Å². The van der Waals surface area contributed by atoms with Crippen LogP contribution in [0.15, 0.2) is 60.8 Å². The van der Waals surface area contributed by atoms with Gasteiger partial charge < -0.3 is 14.2 Å². The van der Waals surface area contributed by atoms with Crippen molar-refractivity contribution >= 4 is 44.4 Å². The lowest BCUT2D eigenvalue weighted by Crippen LogP contribution is -2.39. The quantitative estimate of drug-likeness (QED) is 0.234. The maximum atomic E-state index is 15.2. The summed E-state index contributed by atoms with van der Waals surface area (Å²) in [6, 6.07) is 16.1. The molecule has 1 saturated carbocycles. The zero-order valence-electron chi connectivity index (χ0n) is 22.0. The second kappa shape index (κ2) is 11.1. The van der Waals surface area contributed by atoms with Gasteiger partial charge in [0.2, 0.25) is 5.88 Å². The van der Waals surface area contributed by atoms with Gasteiger partial charge in [0.1, 0.15) is 17.2 Å². The number of hydrogen-bond donors (Lipinski definition) is 1. The minimum absolute atomic E-state index is 0.116. The molecule has 1 aliphatic carbocycles. The van der Waals surface area contributed by atoms with Crippen molar-refractivity contribution in [2.45, 2.75) is 44.8 Å². The zero-order valence-corrected chi connectivity index (χ0v) is 22.8. The summed E-state index contributed by atoms with van der Waals surface area (Å²) in [7, 11) is 1.55. The Morgan fingerprint density at radius 2 is 1.82 bits per heavy atom. The van der Waals surface area contributed by atoms with Crippen LogP contribution in [0.2, 0.25) is 0 Å². The number of aryl methyl sites for hydroxylation is 1. The summed E-state index contributed by atoms with van der Waals surface area (Å²) in [6.45, 7) is 1.98. The van der Waals surface area contributed by atoms with E-state index in [9.17, 15) is 4.79 Å². The summed E-state index contributed by atoms with van der Waals surface area (Å²) < 4.78 is 33.1. The summed E-state index contributed by atoms with van der Waals surface area (Å²) in [5.41, 5.74) is 4.38. The molecule has 10 heteroatoms. The van der Waals surface area contributed by atoms with E-state index in [1.807, 2.05) is 37.3 Å². The molecular formula is C30H27FN4O4S. The van der Waals surface area contributed by atoms with Crippen LogP contribution in [0.5, 0.6) is 11.6 Å². The largest absolute Gasteiger partial charge is 0.483 e. The first-order chi connectivity index (χ1) is 19.5. The van der Waals surface area contributed by atoms with Crippen LogP contribution in [0.3, 0.4) is 0 Å². The Morgan fingerprint density at radius 1 is 1.02 bits per heavy atom. The molecule has 2 atom stereocenters. The summed E-state index contributed by atoms with van der Waals surface area (Å²) in [5.74, 6) is 0.0334. The van der Waals surface area contributed by atoms with Gasteiger partial charge in [0.15, 0.2) is 11.6 Å². The first-order valence-electron chi connectivity index (χ1n) is 13.1. The van der Waals surface area contributed by atoms with Gasteiger partial charge >= 0.3 is 6.09 Å². The molecule has 1 amide bonds. The van der Waals surface area contributed by atoms with Crippen molar-refractivity contribution in [1.29, 1.82) is 0 Å². The third-order valence-corrected chi connectivity index (χ3v) is 7.90. The van der Waals surface area contributed by atoms with Crippen molar-refractivity contribution < 1.29 is 23.4 Å². The second-order valence-corrected chi connectivity index (χ2v) is 10.8. The number of nitrogens with zero attached hydrogens (tertiary/aromatic N) is 3. The molecule has 5 aromatic rings. The van der Waals surface area contributed by atoms with Crippen molar-refractivity contribution in [3.05, 3.63) is 72.2 Å². The average Bonchev–Trinajstić information content (AvgIpc) is 3.36. The van der Waals surface area contributed by atoms with E-state index in [0.717, 1.165) is 28.7 Å². The Kier molecular flexibility index (Phi) is 7.17. The minimum atomic E-state index is -0.555. The van der Waals surface area contributed by atoms with Gasteiger partial charge in [0, 0.05) is 23.4 Å². The van der Waals surface area contributed by atoms with Crippen molar-refractivity contribution in [3.63, 3.8) is 0 Å². The molecule has 1 fully saturated rings. The molecule has 0 bridgehead atoms. The molecule has 1 N–H and O–H groups in total. The number of methoxy groups -OCH3 is 1. The van der Waals surface area contributed by atoms with E-state index in [2.05, 4.69) is 15.3 Å². The molecule has 0 spiro atoms. The number of anilines is 1. The van der Waals surface area contributed by atoms with E-state index < -0.39 is 24.1 Å². The third kappa shape index (κ3) is 5.40. The standard InChI is InChI=1S/C30H27FN4O4S/c1-17-12-19(28-22(13-17)34-27(37-2)16-32-28)29-35-21-14-20(31)25(15-26(21)40-29)38-23-10-6-7-11-24(23)39-30(36)33-18-8-4-3-5-9-18/h3-5,8-9,12-16,23-24H,6-7,10-11H2,1-2H3,(H,33,36)/t23-,24+/m1/s1. The summed E-state index contributed by atoms with van der Waals surface area (Å²) in [5, 5.41) is 3.44. The van der Waals surface area contributed by atoms with Crippen molar-refractivity contribution in [3.8, 4) is 22.2 Å². The smallest absolute Gasteiger partial charge is 0.412 e. The number of nitrogens with one attached hydrogen (secondary N) is 1. The van der Waals surface area contributed by atoms with Crippen molar-refractivity contribution in [2.24, 2.45) is 0 Å². The van der Waals surface area contributed by atoms with Crippen LogP contribution < -0.4 is 14.8 Å². The highest BCUT2D eigenvalue weighted by atomic mass is 32.1. The van der Waals surface area contributed by atoms with Crippen LogP contribution in [0.4, 0.5) is 14.9 Å². The minimum Gasteiger partial charge on any atom is -0.483 e. The van der Waals surface area contributed by atoms with Crippen LogP contribution >= 0.6 is 11.3 Å². The van der Waals surface area contributed by atoms with Gasteiger partial charge in [-0.3, -0.25) is 5.32 Å². The molecule has 40 heavy (non-hydrogen) atoms. The third-order valence-electron chi connectivity index (χ3n) is 6.85. The molecule has 0 aliphatic heterocycles. The SMILES string of the molecule is COc1cnc2c(-c3nc4cc(F)c(O[C@@H]5CCCC[C@@H]5OC(=O)Nc5ccccc5)cc4s3)cc(C)cc2n1. The fourth-order valence-electron chi connectivity index (χ4n) is 4.95. The van der Waals surface area contributed by atoms with E-state index >= 15 is 4.39 Å². The highest BCUT2D eigenvalue weighted by Gasteiger charge is 2.31. The number of rotatable bonds is 6. The van der Waals surface area contributed by atoms with Crippen LogP contribution in [-0.2, 0) is 4.74 Å². The first kappa shape index (κ1) is 25.9. The van der Waals surface area contributed by atoms with Crippen LogP contribution in [0.25, 0.3) is 31.8 Å². The normalized spacial score (nSPS) is 17.1. The summed E-state index contributed by atoms with van der Waals surface area (Å²) in [4.78, 5) is 26.3. The van der Waals surface area contributed by atoms with Crippen molar-refractivity contribution in [1.82, 2.24) is 15.0 Å². The van der Waals surface area contributed by atoms with Gasteiger partial charge in [-0.1, -0.05) is 18.2 Å². The van der Waals surface area contributed by atoms with E-state index in [0.29, 0.717) is 46.0 Å². The highest BCUT2D eigenvalue weighted by molar-refractivity contribution is 7.21. The van der Waals surface area contributed by atoms with Gasteiger partial charge in [-0.2, -0.15) is 0 Å². The van der Waals surface area contributed by atoms with Gasteiger partial charge in [-0.25, -0.2) is 24.1 Å². The number of para-hydroxylation sites is 1. The number of carbonyl (C=O) groups is 1. The molecular weight excluding hydrogens is 531 g/mol. The van der Waals surface area contributed by atoms with Crippen molar-refractivity contribution in [2.75, 3.05) is 12.4 Å². The van der Waals surface area contributed by atoms with E-state index in [4.69, 9.17) is 19.2 Å². The van der Waals surface area contributed by atoms with E-state index in [1.165, 1.54) is 17.4 Å². The molecule has 6 rings (SSSR count). The topological polar surface area (TPSA) is 95.5 Å². The number of fused-ring (bicyclic) bond motifs is 2. The molecule has 0 saturated heterocycles.